The molecule has 1 rings (SSSR count). The molecule has 0 saturated carbocycles. The van der Waals surface area contributed by atoms with Gasteiger partial charge in [-0.3, -0.25) is 0 Å². The number of allylic oxidation sites excluding steroid dienone is 1. The summed E-state index contributed by atoms with van der Waals surface area (Å²) in [7, 11) is 0. The van der Waals surface area contributed by atoms with E-state index in [0.29, 0.717) is 0 Å². The van der Waals surface area contributed by atoms with Gasteiger partial charge in [0.05, 0.1) is 0 Å². The molecule has 0 aromatic rings. The molecule has 0 N–H and O–H groups in total. The molecule has 12 heavy (non-hydrogen) atoms. The maximum atomic E-state index is 11.1. The summed E-state index contributed by atoms with van der Waals surface area (Å²) in [5.41, 5.74) is 2.94. The Kier molecular flexibility index (Phi) is 2.36. The van der Waals surface area contributed by atoms with Gasteiger partial charge in [-0.05, 0) is 27.7 Å². The number of rotatable bonds is 1. The molecule has 1 heterocycles. The van der Waals surface area contributed by atoms with Crippen LogP contribution in [-0.4, -0.2) is 12.1 Å². The molecule has 0 aromatic carbocycles. The number of carbonyl (C=O) groups excluding carboxylic acids is 1. The lowest BCUT2D eigenvalue weighted by Gasteiger charge is -2.03. The number of hydrogen-bond donors (Lipinski definition) is 0. The Morgan fingerprint density at radius 1 is 1.50 bits per heavy atom. The molecule has 1 atom stereocenters. The largest absolute Gasteiger partial charge is 0.454 e. The highest BCUT2D eigenvalue weighted by molar-refractivity contribution is 5.92. The second-order valence-corrected chi connectivity index (χ2v) is 3.35. The first kappa shape index (κ1) is 9.04. The van der Waals surface area contributed by atoms with Crippen molar-refractivity contribution >= 4 is 5.97 Å². The molecule has 0 fully saturated rings. The molecule has 2 nitrogen and oxygen atoms in total. The summed E-state index contributed by atoms with van der Waals surface area (Å²) in [6, 6.07) is 0. The van der Waals surface area contributed by atoms with Crippen LogP contribution in [0.2, 0.25) is 0 Å². The van der Waals surface area contributed by atoms with Gasteiger partial charge in [0.2, 0.25) is 0 Å². The fraction of sp³-hybridized carbons (Fsp3) is 0.500. The highest BCUT2D eigenvalue weighted by Gasteiger charge is 2.25. The van der Waals surface area contributed by atoms with Crippen LogP contribution in [0.4, 0.5) is 0 Å². The molecule has 2 heteroatoms. The van der Waals surface area contributed by atoms with Gasteiger partial charge in [0.25, 0.3) is 0 Å². The molecule has 0 aliphatic carbocycles. The van der Waals surface area contributed by atoms with E-state index in [1.54, 1.807) is 6.92 Å². The summed E-state index contributed by atoms with van der Waals surface area (Å²) in [5, 5.41) is 0. The minimum Gasteiger partial charge on any atom is -0.454 e. The summed E-state index contributed by atoms with van der Waals surface area (Å²) in [4.78, 5) is 11.1. The topological polar surface area (TPSA) is 26.3 Å². The average molecular weight is 166 g/mol. The van der Waals surface area contributed by atoms with Gasteiger partial charge in [-0.15, -0.1) is 0 Å². The molecular formula is C10H14O2. The molecule has 1 unspecified atom stereocenters. The van der Waals surface area contributed by atoms with E-state index in [1.165, 1.54) is 5.57 Å². The molecule has 0 amide bonds. The van der Waals surface area contributed by atoms with Crippen molar-refractivity contribution in [1.29, 1.82) is 0 Å². The Balaban J connectivity index is 3.01. The predicted octanol–water partition coefficient (Wildman–Crippen LogP) is 2.21. The fourth-order valence-corrected chi connectivity index (χ4v) is 1.27. The summed E-state index contributed by atoms with van der Waals surface area (Å²) >= 11 is 0. The van der Waals surface area contributed by atoms with E-state index in [9.17, 15) is 4.79 Å². The first-order valence-electron chi connectivity index (χ1n) is 4.09. The van der Waals surface area contributed by atoms with Crippen molar-refractivity contribution in [3.63, 3.8) is 0 Å². The van der Waals surface area contributed by atoms with E-state index in [0.717, 1.165) is 11.1 Å². The Hall–Kier alpha value is -1.05. The number of hydrogen-bond acceptors (Lipinski definition) is 2. The molecule has 1 aliphatic rings. The van der Waals surface area contributed by atoms with Gasteiger partial charge in [-0.1, -0.05) is 11.6 Å². The predicted molar refractivity (Wildman–Crippen MR) is 47.7 cm³/mol. The highest BCUT2D eigenvalue weighted by Crippen LogP contribution is 2.23. The van der Waals surface area contributed by atoms with Crippen LogP contribution in [0, 0.1) is 0 Å². The number of ether oxygens (including phenoxy) is 1. The lowest BCUT2D eigenvalue weighted by Crippen LogP contribution is -2.04. The summed E-state index contributed by atoms with van der Waals surface area (Å²) < 4.78 is 5.03. The van der Waals surface area contributed by atoms with Crippen molar-refractivity contribution in [3.05, 3.63) is 22.8 Å². The molecule has 0 radical (unpaired) electrons. The van der Waals surface area contributed by atoms with Crippen molar-refractivity contribution in [1.82, 2.24) is 0 Å². The van der Waals surface area contributed by atoms with Gasteiger partial charge >= 0.3 is 5.97 Å². The third kappa shape index (κ3) is 1.58. The molecule has 66 valence electrons. The van der Waals surface area contributed by atoms with Crippen LogP contribution in [0.25, 0.3) is 0 Å². The van der Waals surface area contributed by atoms with Crippen LogP contribution in [-0.2, 0) is 9.53 Å². The van der Waals surface area contributed by atoms with Crippen LogP contribution in [0.5, 0.6) is 0 Å². The smallest absolute Gasteiger partial charge is 0.334 e. The van der Waals surface area contributed by atoms with Crippen molar-refractivity contribution in [3.8, 4) is 0 Å². The lowest BCUT2D eigenvalue weighted by molar-refractivity contribution is -0.139. The fourth-order valence-electron chi connectivity index (χ4n) is 1.27. The number of esters is 1. The minimum atomic E-state index is -0.185. The van der Waals surface area contributed by atoms with Crippen molar-refractivity contribution in [2.75, 3.05) is 0 Å². The summed E-state index contributed by atoms with van der Waals surface area (Å²) in [6.45, 7) is 7.72. The molecule has 0 spiro atoms. The normalized spacial score (nSPS) is 22.7. The van der Waals surface area contributed by atoms with E-state index >= 15 is 0 Å². The zero-order valence-electron chi connectivity index (χ0n) is 7.97. The Morgan fingerprint density at radius 3 is 2.42 bits per heavy atom. The highest BCUT2D eigenvalue weighted by atomic mass is 16.5. The summed E-state index contributed by atoms with van der Waals surface area (Å²) in [5.74, 6) is -0.185. The third-order valence-electron chi connectivity index (χ3n) is 1.91. The van der Waals surface area contributed by atoms with Gasteiger partial charge in [0, 0.05) is 11.1 Å². The monoisotopic (exact) mass is 166 g/mol. The quantitative estimate of drug-likeness (QED) is 0.558. The van der Waals surface area contributed by atoms with E-state index in [2.05, 4.69) is 0 Å². The molecule has 1 aliphatic heterocycles. The second-order valence-electron chi connectivity index (χ2n) is 3.35. The van der Waals surface area contributed by atoms with Crippen LogP contribution >= 0.6 is 0 Å². The molecule has 0 aromatic heterocycles. The first-order valence-corrected chi connectivity index (χ1v) is 4.09. The minimum absolute atomic E-state index is 0.0765. The average Bonchev–Trinajstić information content (AvgIpc) is 2.16. The van der Waals surface area contributed by atoms with Gasteiger partial charge < -0.3 is 4.74 Å². The van der Waals surface area contributed by atoms with Crippen LogP contribution in [0.3, 0.4) is 0 Å². The van der Waals surface area contributed by atoms with Crippen LogP contribution in [0.1, 0.15) is 27.7 Å². The van der Waals surface area contributed by atoms with E-state index in [1.807, 2.05) is 26.8 Å². The molecule has 0 saturated heterocycles. The van der Waals surface area contributed by atoms with E-state index < -0.39 is 0 Å². The van der Waals surface area contributed by atoms with E-state index in [-0.39, 0.29) is 12.1 Å². The van der Waals surface area contributed by atoms with Crippen LogP contribution < -0.4 is 0 Å². The SMILES string of the molecule is CC(C)=CC1=C(C)C(=O)OC1C. The standard InChI is InChI=1S/C10H14O2/c1-6(2)5-9-7(3)10(11)12-8(9)4/h5,8H,1-4H3. The number of carbonyl (C=O) groups is 1. The van der Waals surface area contributed by atoms with E-state index in [4.69, 9.17) is 4.74 Å². The molecule has 0 bridgehead atoms. The zero-order valence-corrected chi connectivity index (χ0v) is 7.97. The van der Waals surface area contributed by atoms with Crippen molar-refractivity contribution in [2.24, 2.45) is 0 Å². The van der Waals surface area contributed by atoms with Gasteiger partial charge in [-0.25, -0.2) is 4.79 Å². The van der Waals surface area contributed by atoms with Crippen molar-refractivity contribution in [2.45, 2.75) is 33.8 Å². The van der Waals surface area contributed by atoms with Gasteiger partial charge in [0.15, 0.2) is 0 Å². The van der Waals surface area contributed by atoms with Crippen molar-refractivity contribution < 1.29 is 9.53 Å². The van der Waals surface area contributed by atoms with Crippen LogP contribution in [0.15, 0.2) is 22.8 Å². The third-order valence-corrected chi connectivity index (χ3v) is 1.91. The Bertz CT molecular complexity index is 268. The maximum Gasteiger partial charge on any atom is 0.334 e. The maximum absolute atomic E-state index is 11.1. The van der Waals surface area contributed by atoms with Gasteiger partial charge in [-0.2, -0.15) is 0 Å². The number of cyclic esters (lactones) is 1. The second kappa shape index (κ2) is 3.13. The lowest BCUT2D eigenvalue weighted by atomic mass is 10.1. The first-order chi connectivity index (χ1) is 5.52. The summed E-state index contributed by atoms with van der Waals surface area (Å²) in [6.07, 6.45) is 1.93. The Labute approximate surface area is 72.9 Å². The molecular weight excluding hydrogens is 152 g/mol. The Morgan fingerprint density at radius 2 is 2.08 bits per heavy atom. The zero-order chi connectivity index (χ0) is 9.30. The van der Waals surface area contributed by atoms with Gasteiger partial charge in [0.1, 0.15) is 6.10 Å².